The van der Waals surface area contributed by atoms with Crippen molar-refractivity contribution >= 4 is 27.5 Å². The molecule has 0 spiro atoms. The van der Waals surface area contributed by atoms with Gasteiger partial charge in [-0.25, -0.2) is 4.39 Å². The number of carbonyl (C=O) groups is 1. The van der Waals surface area contributed by atoms with Crippen LogP contribution in [0.25, 0.3) is 0 Å². The molecule has 1 fully saturated rings. The average molecular weight is 301 g/mol. The molecular formula is C12H14BrFN2O. The van der Waals surface area contributed by atoms with Crippen LogP contribution >= 0.6 is 15.9 Å². The van der Waals surface area contributed by atoms with Gasteiger partial charge in [-0.15, -0.1) is 0 Å². The van der Waals surface area contributed by atoms with Gasteiger partial charge in [0.05, 0.1) is 12.2 Å². The third-order valence-electron chi connectivity index (χ3n) is 2.62. The molecule has 3 nitrogen and oxygen atoms in total. The van der Waals surface area contributed by atoms with E-state index in [4.69, 9.17) is 0 Å². The summed E-state index contributed by atoms with van der Waals surface area (Å²) >= 11 is 3.23. The molecule has 1 aromatic rings. The van der Waals surface area contributed by atoms with Crippen LogP contribution < -0.4 is 10.6 Å². The molecule has 1 amide bonds. The number of amides is 1. The zero-order valence-electron chi connectivity index (χ0n) is 9.30. The summed E-state index contributed by atoms with van der Waals surface area (Å²) < 4.78 is 14.1. The lowest BCUT2D eigenvalue weighted by atomic mass is 10.3. The van der Waals surface area contributed by atoms with Crippen LogP contribution in [0.4, 0.5) is 10.1 Å². The van der Waals surface area contributed by atoms with Crippen LogP contribution in [-0.2, 0) is 4.79 Å². The van der Waals surface area contributed by atoms with Crippen molar-refractivity contribution in [3.63, 3.8) is 0 Å². The second-order valence-corrected chi connectivity index (χ2v) is 5.16. The number of hydrogen-bond acceptors (Lipinski definition) is 2. The van der Waals surface area contributed by atoms with Crippen molar-refractivity contribution < 1.29 is 9.18 Å². The van der Waals surface area contributed by atoms with E-state index in [1.807, 2.05) is 0 Å². The number of rotatable bonds is 5. The third-order valence-corrected chi connectivity index (χ3v) is 3.11. The zero-order chi connectivity index (χ0) is 12.3. The maximum Gasteiger partial charge on any atom is 0.238 e. The molecule has 0 radical (unpaired) electrons. The van der Waals surface area contributed by atoms with Gasteiger partial charge in [-0.05, 0) is 43.5 Å². The first-order valence-electron chi connectivity index (χ1n) is 5.61. The Morgan fingerprint density at radius 1 is 1.47 bits per heavy atom. The molecule has 0 heterocycles. The predicted octanol–water partition coefficient (Wildman–Crippen LogP) is 2.53. The Morgan fingerprint density at radius 2 is 2.24 bits per heavy atom. The van der Waals surface area contributed by atoms with E-state index in [1.54, 1.807) is 12.1 Å². The fraction of sp³-hybridized carbons (Fsp3) is 0.417. The highest BCUT2D eigenvalue weighted by molar-refractivity contribution is 9.10. The van der Waals surface area contributed by atoms with Gasteiger partial charge in [0.25, 0.3) is 0 Å². The van der Waals surface area contributed by atoms with E-state index < -0.39 is 5.82 Å². The third kappa shape index (κ3) is 4.09. The Morgan fingerprint density at radius 3 is 2.94 bits per heavy atom. The molecule has 1 saturated carbocycles. The van der Waals surface area contributed by atoms with Gasteiger partial charge >= 0.3 is 0 Å². The van der Waals surface area contributed by atoms with Crippen LogP contribution in [0, 0.1) is 11.7 Å². The first kappa shape index (κ1) is 12.5. The number of benzene rings is 1. The minimum absolute atomic E-state index is 0.206. The Hall–Kier alpha value is -0.940. The van der Waals surface area contributed by atoms with Gasteiger partial charge in [0.2, 0.25) is 5.91 Å². The Kier molecular flexibility index (Phi) is 4.12. The lowest BCUT2D eigenvalue weighted by Crippen LogP contribution is -2.29. The summed E-state index contributed by atoms with van der Waals surface area (Å²) in [5.74, 6) is 0.0804. The molecule has 0 bridgehead atoms. The normalized spacial score (nSPS) is 14.7. The second-order valence-electron chi connectivity index (χ2n) is 4.25. The first-order chi connectivity index (χ1) is 8.15. The zero-order valence-corrected chi connectivity index (χ0v) is 10.9. The number of hydrogen-bond donors (Lipinski definition) is 2. The molecule has 0 aliphatic heterocycles. The van der Waals surface area contributed by atoms with Gasteiger partial charge in [0.1, 0.15) is 5.82 Å². The van der Waals surface area contributed by atoms with E-state index in [1.165, 1.54) is 18.9 Å². The van der Waals surface area contributed by atoms with E-state index in [9.17, 15) is 9.18 Å². The van der Waals surface area contributed by atoms with Crippen LogP contribution in [0.15, 0.2) is 22.7 Å². The number of carbonyl (C=O) groups excluding carboxylic acids is 1. The monoisotopic (exact) mass is 300 g/mol. The largest absolute Gasteiger partial charge is 0.322 e. The molecule has 17 heavy (non-hydrogen) atoms. The Balaban J connectivity index is 1.81. The van der Waals surface area contributed by atoms with Gasteiger partial charge < -0.3 is 10.6 Å². The van der Waals surface area contributed by atoms with Gasteiger partial charge in [0.15, 0.2) is 0 Å². The van der Waals surface area contributed by atoms with Crippen LogP contribution in [0.2, 0.25) is 0 Å². The maximum atomic E-state index is 13.3. The fourth-order valence-corrected chi connectivity index (χ4v) is 1.86. The predicted molar refractivity (Wildman–Crippen MR) is 68.3 cm³/mol. The highest BCUT2D eigenvalue weighted by Gasteiger charge is 2.20. The summed E-state index contributed by atoms with van der Waals surface area (Å²) in [6.45, 7) is 1.09. The minimum atomic E-state index is -0.427. The standard InChI is InChI=1S/C12H14BrFN2O/c13-9-3-4-10(14)11(5-9)16-12(17)7-15-6-8-1-2-8/h3-5,8,15H,1-2,6-7H2,(H,16,17). The summed E-state index contributed by atoms with van der Waals surface area (Å²) in [5.41, 5.74) is 0.206. The number of anilines is 1. The summed E-state index contributed by atoms with van der Waals surface area (Å²) in [4.78, 5) is 11.5. The minimum Gasteiger partial charge on any atom is -0.322 e. The van der Waals surface area contributed by atoms with E-state index in [0.717, 1.165) is 16.9 Å². The van der Waals surface area contributed by atoms with Crippen LogP contribution in [0.3, 0.4) is 0 Å². The SMILES string of the molecule is O=C(CNCC1CC1)Nc1cc(Br)ccc1F. The van der Waals surface area contributed by atoms with E-state index in [0.29, 0.717) is 0 Å². The topological polar surface area (TPSA) is 41.1 Å². The lowest BCUT2D eigenvalue weighted by Gasteiger charge is -2.07. The fourth-order valence-electron chi connectivity index (χ4n) is 1.50. The quantitative estimate of drug-likeness (QED) is 0.877. The lowest BCUT2D eigenvalue weighted by molar-refractivity contribution is -0.115. The average Bonchev–Trinajstić information content (AvgIpc) is 3.07. The maximum absolute atomic E-state index is 13.3. The first-order valence-corrected chi connectivity index (χ1v) is 6.40. The molecule has 92 valence electrons. The molecular weight excluding hydrogens is 287 g/mol. The van der Waals surface area contributed by atoms with Gasteiger partial charge in [-0.1, -0.05) is 15.9 Å². The van der Waals surface area contributed by atoms with Crippen molar-refractivity contribution in [3.05, 3.63) is 28.5 Å². The van der Waals surface area contributed by atoms with Gasteiger partial charge in [0, 0.05) is 4.47 Å². The molecule has 0 unspecified atom stereocenters. The Bertz CT molecular complexity index is 421. The van der Waals surface area contributed by atoms with Crippen molar-refractivity contribution in [2.75, 3.05) is 18.4 Å². The van der Waals surface area contributed by atoms with Gasteiger partial charge in [-0.2, -0.15) is 0 Å². The molecule has 0 saturated heterocycles. The molecule has 2 N–H and O–H groups in total. The van der Waals surface area contributed by atoms with Crippen molar-refractivity contribution in [1.82, 2.24) is 5.32 Å². The van der Waals surface area contributed by atoms with Crippen molar-refractivity contribution in [3.8, 4) is 0 Å². The molecule has 2 rings (SSSR count). The van der Waals surface area contributed by atoms with Gasteiger partial charge in [-0.3, -0.25) is 4.79 Å². The summed E-state index contributed by atoms with van der Waals surface area (Å²) in [5, 5.41) is 5.59. The summed E-state index contributed by atoms with van der Waals surface area (Å²) in [7, 11) is 0. The van der Waals surface area contributed by atoms with E-state index in [-0.39, 0.29) is 18.1 Å². The van der Waals surface area contributed by atoms with E-state index >= 15 is 0 Å². The molecule has 0 atom stereocenters. The summed E-state index contributed by atoms with van der Waals surface area (Å²) in [6, 6.07) is 4.46. The summed E-state index contributed by atoms with van der Waals surface area (Å²) in [6.07, 6.45) is 2.49. The molecule has 1 aliphatic carbocycles. The van der Waals surface area contributed by atoms with Crippen LogP contribution in [0.1, 0.15) is 12.8 Å². The number of halogens is 2. The molecule has 5 heteroatoms. The highest BCUT2D eigenvalue weighted by Crippen LogP contribution is 2.27. The smallest absolute Gasteiger partial charge is 0.238 e. The molecule has 1 aliphatic rings. The highest BCUT2D eigenvalue weighted by atomic mass is 79.9. The second kappa shape index (κ2) is 5.60. The van der Waals surface area contributed by atoms with Crippen molar-refractivity contribution in [1.29, 1.82) is 0 Å². The molecule has 0 aromatic heterocycles. The van der Waals surface area contributed by atoms with Crippen LogP contribution in [0.5, 0.6) is 0 Å². The van der Waals surface area contributed by atoms with E-state index in [2.05, 4.69) is 26.6 Å². The molecule has 1 aromatic carbocycles. The van der Waals surface area contributed by atoms with Crippen molar-refractivity contribution in [2.45, 2.75) is 12.8 Å². The number of nitrogens with one attached hydrogen (secondary N) is 2. The van der Waals surface area contributed by atoms with Crippen molar-refractivity contribution in [2.24, 2.45) is 5.92 Å². The van der Waals surface area contributed by atoms with Crippen LogP contribution in [-0.4, -0.2) is 19.0 Å². The Labute approximate surface area is 108 Å².